The number of methoxy groups -OCH3 is 1. The molecule has 0 aliphatic heterocycles. The van der Waals surface area contributed by atoms with E-state index in [4.69, 9.17) is 20.6 Å². The number of nitrogens with zero attached hydrogens (tertiary/aromatic N) is 1. The molecule has 0 radical (unpaired) electrons. The highest BCUT2D eigenvalue weighted by molar-refractivity contribution is 5.79. The first-order valence-corrected chi connectivity index (χ1v) is 10.0. The number of ether oxygens (including phenoxy) is 3. The van der Waals surface area contributed by atoms with Crippen LogP contribution < -0.4 is 20.1 Å². The molecule has 0 aliphatic carbocycles. The van der Waals surface area contributed by atoms with Crippen molar-refractivity contribution < 1.29 is 14.2 Å². The van der Waals surface area contributed by atoms with E-state index in [1.165, 1.54) is 5.56 Å². The number of hydrogen-bond donors (Lipinski definition) is 2. The fourth-order valence-electron chi connectivity index (χ4n) is 2.83. The van der Waals surface area contributed by atoms with Gasteiger partial charge in [-0.25, -0.2) is 0 Å². The molecule has 2 aromatic rings. The average Bonchev–Trinajstić information content (AvgIpc) is 2.79. The molecule has 1 atom stereocenters. The van der Waals surface area contributed by atoms with Crippen LogP contribution >= 0.6 is 0 Å². The van der Waals surface area contributed by atoms with Gasteiger partial charge in [0.25, 0.3) is 0 Å². The van der Waals surface area contributed by atoms with Gasteiger partial charge in [0.05, 0.1) is 13.2 Å². The maximum absolute atomic E-state index is 5.90. The van der Waals surface area contributed by atoms with Gasteiger partial charge in [0.15, 0.2) is 17.5 Å². The minimum absolute atomic E-state index is 0.0876. The van der Waals surface area contributed by atoms with E-state index in [1.54, 1.807) is 14.2 Å². The van der Waals surface area contributed by atoms with Crippen molar-refractivity contribution in [2.45, 2.75) is 26.0 Å². The summed E-state index contributed by atoms with van der Waals surface area (Å²) in [5.41, 5.74) is 2.22. The quantitative estimate of drug-likeness (QED) is 0.257. The molecule has 0 fully saturated rings. The molecule has 2 N–H and O–H groups in total. The van der Waals surface area contributed by atoms with Crippen LogP contribution in [0, 0.1) is 12.3 Å². The monoisotopic (exact) mass is 409 g/mol. The molecule has 0 spiro atoms. The van der Waals surface area contributed by atoms with Crippen LogP contribution in [-0.4, -0.2) is 39.9 Å². The molecule has 0 saturated carbocycles. The van der Waals surface area contributed by atoms with E-state index in [0.29, 0.717) is 24.7 Å². The number of nitrogens with one attached hydrogen (secondary N) is 2. The van der Waals surface area contributed by atoms with Crippen LogP contribution in [0.5, 0.6) is 11.5 Å². The van der Waals surface area contributed by atoms with Crippen LogP contribution in [0.25, 0.3) is 0 Å². The summed E-state index contributed by atoms with van der Waals surface area (Å²) in [5.74, 6) is 4.47. The summed E-state index contributed by atoms with van der Waals surface area (Å²) >= 11 is 0. The Morgan fingerprint density at radius 2 is 1.93 bits per heavy atom. The number of guanidine groups is 1. The minimum atomic E-state index is 0.0876. The van der Waals surface area contributed by atoms with E-state index in [-0.39, 0.29) is 12.7 Å². The third-order valence-corrected chi connectivity index (χ3v) is 4.47. The number of benzene rings is 2. The number of hydrogen-bond acceptors (Lipinski definition) is 4. The molecule has 0 saturated heterocycles. The topological polar surface area (TPSA) is 64.1 Å². The maximum Gasteiger partial charge on any atom is 0.191 e. The van der Waals surface area contributed by atoms with E-state index < -0.39 is 0 Å². The highest BCUT2D eigenvalue weighted by atomic mass is 16.5. The maximum atomic E-state index is 5.90. The molecular weight excluding hydrogens is 378 g/mol. The molecule has 2 aromatic carbocycles. The van der Waals surface area contributed by atoms with Crippen molar-refractivity contribution in [1.29, 1.82) is 0 Å². The molecule has 6 nitrogen and oxygen atoms in total. The summed E-state index contributed by atoms with van der Waals surface area (Å²) in [5, 5.41) is 6.59. The van der Waals surface area contributed by atoms with Gasteiger partial charge in [-0.05, 0) is 36.6 Å². The summed E-state index contributed by atoms with van der Waals surface area (Å²) in [4.78, 5) is 4.26. The minimum Gasteiger partial charge on any atom is -0.493 e. The Morgan fingerprint density at radius 3 is 2.63 bits per heavy atom. The molecule has 0 aliphatic rings. The number of terminal acetylenes is 1. The second kappa shape index (κ2) is 13.1. The van der Waals surface area contributed by atoms with Crippen LogP contribution in [0.4, 0.5) is 0 Å². The molecule has 0 heterocycles. The molecule has 30 heavy (non-hydrogen) atoms. The Balaban J connectivity index is 1.72. The summed E-state index contributed by atoms with van der Waals surface area (Å²) in [6.07, 6.45) is 6.24. The van der Waals surface area contributed by atoms with Gasteiger partial charge in [-0.3, -0.25) is 4.99 Å². The zero-order valence-corrected chi connectivity index (χ0v) is 18.0. The Labute approximate surface area is 179 Å². The van der Waals surface area contributed by atoms with Crippen molar-refractivity contribution in [3.05, 3.63) is 59.7 Å². The highest BCUT2D eigenvalue weighted by Crippen LogP contribution is 2.27. The number of rotatable bonds is 11. The van der Waals surface area contributed by atoms with E-state index in [1.807, 2.05) is 36.4 Å². The lowest BCUT2D eigenvalue weighted by Gasteiger charge is -2.15. The van der Waals surface area contributed by atoms with Crippen LogP contribution in [0.1, 0.15) is 30.6 Å². The Bertz CT molecular complexity index is 831. The SMILES string of the molecule is C#CCOc1cc(CNC(=NC)NCCCOC(C)c2ccccc2)ccc1OC. The lowest BCUT2D eigenvalue weighted by molar-refractivity contribution is 0.0646. The molecule has 6 heteroatoms. The summed E-state index contributed by atoms with van der Waals surface area (Å²) in [6.45, 7) is 4.30. The Hall–Kier alpha value is -3.17. The zero-order valence-electron chi connectivity index (χ0n) is 18.0. The van der Waals surface area contributed by atoms with Crippen molar-refractivity contribution in [2.75, 3.05) is 33.9 Å². The smallest absolute Gasteiger partial charge is 0.191 e. The number of aliphatic imine (C=N–C) groups is 1. The van der Waals surface area contributed by atoms with Gasteiger partial charge in [0.1, 0.15) is 6.61 Å². The van der Waals surface area contributed by atoms with Crippen LogP contribution in [0.15, 0.2) is 53.5 Å². The van der Waals surface area contributed by atoms with Gasteiger partial charge >= 0.3 is 0 Å². The van der Waals surface area contributed by atoms with Crippen molar-refractivity contribution in [3.63, 3.8) is 0 Å². The molecule has 1 unspecified atom stereocenters. The fourth-order valence-corrected chi connectivity index (χ4v) is 2.83. The summed E-state index contributed by atoms with van der Waals surface area (Å²) < 4.78 is 16.7. The van der Waals surface area contributed by atoms with E-state index >= 15 is 0 Å². The van der Waals surface area contributed by atoms with Crippen molar-refractivity contribution >= 4 is 5.96 Å². The molecular formula is C24H31N3O3. The van der Waals surface area contributed by atoms with Gasteiger partial charge in [-0.15, -0.1) is 6.42 Å². The molecule has 0 amide bonds. The van der Waals surface area contributed by atoms with Crippen LogP contribution in [0.3, 0.4) is 0 Å². The average molecular weight is 410 g/mol. The van der Waals surface area contributed by atoms with E-state index in [9.17, 15) is 0 Å². The van der Waals surface area contributed by atoms with Crippen molar-refractivity contribution in [2.24, 2.45) is 4.99 Å². The van der Waals surface area contributed by atoms with Gasteiger partial charge in [0, 0.05) is 26.7 Å². The van der Waals surface area contributed by atoms with E-state index in [2.05, 4.69) is 40.6 Å². The predicted molar refractivity (Wildman–Crippen MR) is 121 cm³/mol. The third kappa shape index (κ3) is 7.69. The van der Waals surface area contributed by atoms with Crippen LogP contribution in [-0.2, 0) is 11.3 Å². The Kier molecular flexibility index (Phi) is 10.1. The first-order chi connectivity index (χ1) is 14.7. The summed E-state index contributed by atoms with van der Waals surface area (Å²) in [7, 11) is 3.35. The molecule has 0 bridgehead atoms. The van der Waals surface area contributed by atoms with Gasteiger partial charge in [-0.2, -0.15) is 0 Å². The van der Waals surface area contributed by atoms with Crippen LogP contribution in [0.2, 0.25) is 0 Å². The zero-order chi connectivity index (χ0) is 21.6. The standard InChI is InChI=1S/C24H31N3O3/c1-5-15-30-23-17-20(12-13-22(23)28-4)18-27-24(25-3)26-14-9-16-29-19(2)21-10-7-6-8-11-21/h1,6-8,10-13,17,19H,9,14-16,18H2,2-4H3,(H2,25,26,27). The van der Waals surface area contributed by atoms with E-state index in [0.717, 1.165) is 24.5 Å². The van der Waals surface area contributed by atoms with Gasteiger partial charge in [-0.1, -0.05) is 42.3 Å². The lowest BCUT2D eigenvalue weighted by atomic mass is 10.1. The molecule has 160 valence electrons. The molecule has 2 rings (SSSR count). The normalized spacial score (nSPS) is 12.0. The predicted octanol–water partition coefficient (Wildman–Crippen LogP) is 3.54. The highest BCUT2D eigenvalue weighted by Gasteiger charge is 2.07. The van der Waals surface area contributed by atoms with Crippen molar-refractivity contribution in [3.8, 4) is 23.8 Å². The second-order valence-corrected chi connectivity index (χ2v) is 6.61. The molecule has 0 aromatic heterocycles. The second-order valence-electron chi connectivity index (χ2n) is 6.61. The first kappa shape index (κ1) is 23.1. The first-order valence-electron chi connectivity index (χ1n) is 10.0. The summed E-state index contributed by atoms with van der Waals surface area (Å²) in [6, 6.07) is 16.0. The van der Waals surface area contributed by atoms with Gasteiger partial charge < -0.3 is 24.8 Å². The third-order valence-electron chi connectivity index (χ3n) is 4.47. The Morgan fingerprint density at radius 1 is 1.13 bits per heavy atom. The fraction of sp³-hybridized carbons (Fsp3) is 0.375. The van der Waals surface area contributed by atoms with Crippen molar-refractivity contribution in [1.82, 2.24) is 10.6 Å². The largest absolute Gasteiger partial charge is 0.493 e. The van der Waals surface area contributed by atoms with Gasteiger partial charge in [0.2, 0.25) is 0 Å². The lowest BCUT2D eigenvalue weighted by Crippen LogP contribution is -2.37.